The lowest BCUT2D eigenvalue weighted by Gasteiger charge is -2.16. The van der Waals surface area contributed by atoms with Crippen molar-refractivity contribution in [3.8, 4) is 23.0 Å². The van der Waals surface area contributed by atoms with Gasteiger partial charge in [-0.05, 0) is 81.9 Å². The molecule has 0 atom stereocenters. The van der Waals surface area contributed by atoms with Gasteiger partial charge < -0.3 is 14.6 Å². The summed E-state index contributed by atoms with van der Waals surface area (Å²) in [7, 11) is 1.54. The highest BCUT2D eigenvalue weighted by molar-refractivity contribution is 9.13. The van der Waals surface area contributed by atoms with Gasteiger partial charge in [0.25, 0.3) is 0 Å². The molecule has 0 aliphatic heterocycles. The first kappa shape index (κ1) is 17.6. The number of rotatable bonds is 3. The molecule has 0 aromatic heterocycles. The molecule has 21 heavy (non-hydrogen) atoms. The molecule has 112 valence electrons. The Balaban J connectivity index is 2.57. The number of methoxy groups -OCH3 is 1. The molecule has 0 fully saturated rings. The van der Waals surface area contributed by atoms with Crippen LogP contribution >= 0.6 is 79.6 Å². The van der Waals surface area contributed by atoms with E-state index in [1.807, 2.05) is 6.07 Å². The number of phenols is 1. The van der Waals surface area contributed by atoms with Crippen molar-refractivity contribution >= 4 is 79.6 Å². The highest BCUT2D eigenvalue weighted by Gasteiger charge is 2.19. The third-order valence-corrected chi connectivity index (χ3v) is 6.09. The van der Waals surface area contributed by atoms with Gasteiger partial charge in [0.15, 0.2) is 23.0 Å². The van der Waals surface area contributed by atoms with Crippen molar-refractivity contribution in [1.29, 1.82) is 0 Å². The topological polar surface area (TPSA) is 38.7 Å². The van der Waals surface area contributed by atoms with E-state index >= 15 is 0 Å². The first-order chi connectivity index (χ1) is 9.85. The van der Waals surface area contributed by atoms with Crippen LogP contribution in [0, 0.1) is 0 Å². The van der Waals surface area contributed by atoms with Crippen LogP contribution in [0.5, 0.6) is 23.0 Å². The van der Waals surface area contributed by atoms with Crippen LogP contribution in [-0.2, 0) is 0 Å². The fraction of sp³-hybridized carbons (Fsp3) is 0.0769. The van der Waals surface area contributed by atoms with Crippen molar-refractivity contribution in [1.82, 2.24) is 0 Å². The van der Waals surface area contributed by atoms with Crippen molar-refractivity contribution in [2.75, 3.05) is 7.11 Å². The van der Waals surface area contributed by atoms with Crippen LogP contribution in [-0.4, -0.2) is 12.2 Å². The second kappa shape index (κ2) is 7.21. The molecule has 0 spiro atoms. The average molecular weight is 611 g/mol. The van der Waals surface area contributed by atoms with Gasteiger partial charge in [0.1, 0.15) is 0 Å². The molecule has 0 saturated heterocycles. The Bertz CT molecular complexity index is 703. The second-order valence-electron chi connectivity index (χ2n) is 3.85. The molecule has 8 heteroatoms. The lowest BCUT2D eigenvalue weighted by atomic mass is 10.3. The van der Waals surface area contributed by atoms with Crippen LogP contribution in [0.1, 0.15) is 0 Å². The lowest BCUT2D eigenvalue weighted by molar-refractivity contribution is 0.362. The summed E-state index contributed by atoms with van der Waals surface area (Å²) < 4.78 is 14.7. The molecule has 0 bridgehead atoms. The van der Waals surface area contributed by atoms with E-state index in [-0.39, 0.29) is 5.75 Å². The molecule has 1 N–H and O–H groups in total. The summed E-state index contributed by atoms with van der Waals surface area (Å²) >= 11 is 16.9. The summed E-state index contributed by atoms with van der Waals surface area (Å²) in [6.07, 6.45) is 0. The van der Waals surface area contributed by atoms with E-state index < -0.39 is 0 Å². The third-order valence-electron chi connectivity index (χ3n) is 2.49. The minimum atomic E-state index is 0.00574. The monoisotopic (exact) mass is 606 g/mol. The molecular weight excluding hydrogens is 604 g/mol. The van der Waals surface area contributed by atoms with Gasteiger partial charge in [-0.15, -0.1) is 0 Å². The number of phenolic OH excluding ortho intramolecular Hbond substituents is 1. The molecule has 2 aromatic carbocycles. The Labute approximate surface area is 163 Å². The van der Waals surface area contributed by atoms with Crippen LogP contribution < -0.4 is 9.47 Å². The summed E-state index contributed by atoms with van der Waals surface area (Å²) in [5.41, 5.74) is 0. The fourth-order valence-corrected chi connectivity index (χ4v) is 4.41. The molecule has 3 nitrogen and oxygen atoms in total. The van der Waals surface area contributed by atoms with Crippen LogP contribution in [0.3, 0.4) is 0 Å². The standard InChI is InChI=1S/C13H7Br5O3/c1-20-13-10(18)6(15)4-8(17)12(13)21-9-3-5(14)2-7(16)11(9)19/h2-4,19H,1H3. The molecule has 0 aliphatic rings. The normalized spacial score (nSPS) is 10.6. The van der Waals surface area contributed by atoms with E-state index in [9.17, 15) is 5.11 Å². The molecule has 2 rings (SSSR count). The minimum Gasteiger partial charge on any atom is -0.503 e. The van der Waals surface area contributed by atoms with Gasteiger partial charge in [-0.2, -0.15) is 0 Å². The maximum absolute atomic E-state index is 10.1. The molecule has 2 aromatic rings. The average Bonchev–Trinajstić information content (AvgIpc) is 2.41. The maximum Gasteiger partial charge on any atom is 0.184 e. The first-order valence-corrected chi connectivity index (χ1v) is 9.39. The van der Waals surface area contributed by atoms with Gasteiger partial charge in [0, 0.05) is 8.95 Å². The van der Waals surface area contributed by atoms with Crippen molar-refractivity contribution in [2.24, 2.45) is 0 Å². The Kier molecular flexibility index (Phi) is 6.04. The van der Waals surface area contributed by atoms with E-state index in [2.05, 4.69) is 79.6 Å². The van der Waals surface area contributed by atoms with Crippen molar-refractivity contribution < 1.29 is 14.6 Å². The molecule has 0 unspecified atom stereocenters. The molecular formula is C13H7Br5O3. The molecule has 0 saturated carbocycles. The smallest absolute Gasteiger partial charge is 0.184 e. The van der Waals surface area contributed by atoms with Crippen LogP contribution in [0.15, 0.2) is 40.6 Å². The predicted octanol–water partition coefficient (Wildman–Crippen LogP) is 7.01. The highest BCUT2D eigenvalue weighted by Crippen LogP contribution is 2.49. The van der Waals surface area contributed by atoms with Gasteiger partial charge in [0.05, 0.1) is 20.5 Å². The highest BCUT2D eigenvalue weighted by atomic mass is 79.9. The number of aromatic hydroxyl groups is 1. The van der Waals surface area contributed by atoms with Gasteiger partial charge in [-0.1, -0.05) is 15.9 Å². The number of halogens is 5. The van der Waals surface area contributed by atoms with Crippen LogP contribution in [0.4, 0.5) is 0 Å². The summed E-state index contributed by atoms with van der Waals surface area (Å²) in [4.78, 5) is 0. The van der Waals surface area contributed by atoms with E-state index in [0.717, 1.165) is 13.4 Å². The number of benzene rings is 2. The Morgan fingerprint density at radius 2 is 1.52 bits per heavy atom. The van der Waals surface area contributed by atoms with Crippen molar-refractivity contribution in [3.63, 3.8) is 0 Å². The van der Waals surface area contributed by atoms with E-state index in [4.69, 9.17) is 9.47 Å². The van der Waals surface area contributed by atoms with Crippen molar-refractivity contribution in [3.05, 3.63) is 40.6 Å². The minimum absolute atomic E-state index is 0.00574. The lowest BCUT2D eigenvalue weighted by Crippen LogP contribution is -1.94. The summed E-state index contributed by atoms with van der Waals surface area (Å²) in [6, 6.07) is 5.22. The first-order valence-electron chi connectivity index (χ1n) is 5.42. The zero-order valence-corrected chi connectivity index (χ0v) is 18.3. The summed E-state index contributed by atoms with van der Waals surface area (Å²) in [5.74, 6) is 1.26. The molecule has 0 heterocycles. The Morgan fingerprint density at radius 3 is 2.14 bits per heavy atom. The van der Waals surface area contributed by atoms with E-state index in [1.54, 1.807) is 19.2 Å². The number of ether oxygens (including phenoxy) is 2. The Hall–Kier alpha value is 0.240. The predicted molar refractivity (Wildman–Crippen MR) is 99.7 cm³/mol. The fourth-order valence-electron chi connectivity index (χ4n) is 1.56. The second-order valence-corrected chi connectivity index (χ2v) is 8.12. The maximum atomic E-state index is 10.1. The number of hydrogen-bond acceptors (Lipinski definition) is 3. The molecule has 0 aliphatic carbocycles. The van der Waals surface area contributed by atoms with Gasteiger partial charge in [-0.3, -0.25) is 0 Å². The number of hydrogen-bond donors (Lipinski definition) is 1. The zero-order chi connectivity index (χ0) is 15.7. The van der Waals surface area contributed by atoms with Crippen LogP contribution in [0.2, 0.25) is 0 Å². The van der Waals surface area contributed by atoms with E-state index in [1.165, 1.54) is 0 Å². The summed E-state index contributed by atoms with van der Waals surface area (Å²) in [5, 5.41) is 10.1. The molecule has 0 amide bonds. The Morgan fingerprint density at radius 1 is 0.857 bits per heavy atom. The quantitative estimate of drug-likeness (QED) is 0.381. The molecule has 0 radical (unpaired) electrons. The zero-order valence-electron chi connectivity index (χ0n) is 10.4. The van der Waals surface area contributed by atoms with E-state index in [0.29, 0.717) is 26.2 Å². The largest absolute Gasteiger partial charge is 0.503 e. The van der Waals surface area contributed by atoms with Gasteiger partial charge in [0.2, 0.25) is 0 Å². The van der Waals surface area contributed by atoms with Gasteiger partial charge >= 0.3 is 0 Å². The van der Waals surface area contributed by atoms with Crippen molar-refractivity contribution in [2.45, 2.75) is 0 Å². The SMILES string of the molecule is COc1c(Br)c(Br)cc(Br)c1Oc1cc(Br)cc(Br)c1O. The van der Waals surface area contributed by atoms with Crippen LogP contribution in [0.25, 0.3) is 0 Å². The summed E-state index contributed by atoms with van der Waals surface area (Å²) in [6.45, 7) is 0. The van der Waals surface area contributed by atoms with Gasteiger partial charge in [-0.25, -0.2) is 0 Å². The third kappa shape index (κ3) is 3.77.